The second-order valence-electron chi connectivity index (χ2n) is 6.60. The summed E-state index contributed by atoms with van der Waals surface area (Å²) in [7, 11) is 0. The molecule has 1 saturated heterocycles. The van der Waals surface area contributed by atoms with Crippen molar-refractivity contribution in [3.63, 3.8) is 0 Å². The molecule has 0 saturated carbocycles. The van der Waals surface area contributed by atoms with Gasteiger partial charge in [-0.25, -0.2) is 0 Å². The number of nitrogens with one attached hydrogen (secondary N) is 1. The smallest absolute Gasteiger partial charge is 0.272 e. The molecule has 2 heterocycles. The molecule has 0 radical (unpaired) electrons. The van der Waals surface area contributed by atoms with E-state index in [2.05, 4.69) is 15.2 Å². The van der Waals surface area contributed by atoms with E-state index < -0.39 is 0 Å². The molecular weight excluding hydrogens is 328 g/mol. The van der Waals surface area contributed by atoms with Crippen molar-refractivity contribution in [3.8, 4) is 0 Å². The Balaban J connectivity index is 1.51. The van der Waals surface area contributed by atoms with Gasteiger partial charge in [-0.2, -0.15) is 0 Å². The third-order valence-corrected chi connectivity index (χ3v) is 4.66. The number of carbonyl (C=O) groups is 2. The lowest BCUT2D eigenvalue weighted by atomic mass is 10.1. The average molecular weight is 352 g/mol. The largest absolute Gasteiger partial charge is 0.335 e. The van der Waals surface area contributed by atoms with Gasteiger partial charge in [0.05, 0.1) is 6.54 Å². The van der Waals surface area contributed by atoms with Crippen LogP contribution in [0.15, 0.2) is 42.6 Å². The minimum absolute atomic E-state index is 0.0214. The number of carbonyl (C=O) groups excluding carboxylic acids is 2. The van der Waals surface area contributed by atoms with Crippen LogP contribution in [0.5, 0.6) is 0 Å². The molecule has 1 aliphatic rings. The van der Waals surface area contributed by atoms with Crippen molar-refractivity contribution in [1.29, 1.82) is 0 Å². The first-order chi connectivity index (χ1) is 12.5. The van der Waals surface area contributed by atoms with Gasteiger partial charge in [-0.15, -0.1) is 0 Å². The first-order valence-electron chi connectivity index (χ1n) is 8.83. The fourth-order valence-corrected chi connectivity index (χ4v) is 3.15. The molecule has 1 N–H and O–H groups in total. The van der Waals surface area contributed by atoms with Crippen LogP contribution in [0, 0.1) is 13.8 Å². The molecule has 1 aromatic heterocycles. The first kappa shape index (κ1) is 18.1. The topological polar surface area (TPSA) is 65.5 Å². The second kappa shape index (κ2) is 8.10. The third kappa shape index (κ3) is 4.26. The van der Waals surface area contributed by atoms with Gasteiger partial charge in [0.25, 0.3) is 5.91 Å². The van der Waals surface area contributed by atoms with E-state index in [0.717, 1.165) is 16.8 Å². The maximum atomic E-state index is 12.4. The Morgan fingerprint density at radius 3 is 2.31 bits per heavy atom. The Hall–Kier alpha value is -2.73. The number of hydrogen-bond acceptors (Lipinski definition) is 4. The number of para-hydroxylation sites is 1. The minimum atomic E-state index is -0.0507. The molecule has 0 aliphatic carbocycles. The summed E-state index contributed by atoms with van der Waals surface area (Å²) in [4.78, 5) is 32.8. The van der Waals surface area contributed by atoms with Crippen molar-refractivity contribution in [2.45, 2.75) is 13.8 Å². The Bertz CT molecular complexity index is 763. The molecule has 2 aromatic rings. The fraction of sp³-hybridized carbons (Fsp3) is 0.350. The van der Waals surface area contributed by atoms with Crippen LogP contribution in [0.1, 0.15) is 21.6 Å². The molecule has 0 unspecified atom stereocenters. The number of nitrogens with zero attached hydrogens (tertiary/aromatic N) is 3. The summed E-state index contributed by atoms with van der Waals surface area (Å²) in [5.74, 6) is -0.0721. The Labute approximate surface area is 153 Å². The Morgan fingerprint density at radius 2 is 1.69 bits per heavy atom. The predicted octanol–water partition coefficient (Wildman–Crippen LogP) is 2.09. The van der Waals surface area contributed by atoms with Gasteiger partial charge in [-0.05, 0) is 37.1 Å². The van der Waals surface area contributed by atoms with Crippen molar-refractivity contribution in [2.24, 2.45) is 0 Å². The average Bonchev–Trinajstić information content (AvgIpc) is 2.66. The monoisotopic (exact) mass is 352 g/mol. The van der Waals surface area contributed by atoms with Crippen LogP contribution in [-0.2, 0) is 4.79 Å². The molecule has 0 atom stereocenters. The molecule has 136 valence electrons. The molecule has 0 bridgehead atoms. The van der Waals surface area contributed by atoms with E-state index in [-0.39, 0.29) is 11.8 Å². The van der Waals surface area contributed by atoms with Crippen LogP contribution in [0.25, 0.3) is 0 Å². The van der Waals surface area contributed by atoms with Gasteiger partial charge in [-0.1, -0.05) is 24.3 Å². The number of anilines is 1. The SMILES string of the molecule is Cc1cccc(C)c1NC(=O)CN1CCN(C(=O)c2ccccn2)CC1. The van der Waals surface area contributed by atoms with Crippen LogP contribution in [0.2, 0.25) is 0 Å². The van der Waals surface area contributed by atoms with Crippen LogP contribution in [-0.4, -0.2) is 59.3 Å². The molecule has 2 amide bonds. The molecule has 6 nitrogen and oxygen atoms in total. The molecule has 1 aromatic carbocycles. The van der Waals surface area contributed by atoms with Crippen molar-refractivity contribution >= 4 is 17.5 Å². The number of rotatable bonds is 4. The maximum absolute atomic E-state index is 12.4. The van der Waals surface area contributed by atoms with Gasteiger partial charge in [0.1, 0.15) is 5.69 Å². The van der Waals surface area contributed by atoms with E-state index in [0.29, 0.717) is 38.4 Å². The zero-order chi connectivity index (χ0) is 18.5. The van der Waals surface area contributed by atoms with E-state index in [1.807, 2.05) is 38.1 Å². The second-order valence-corrected chi connectivity index (χ2v) is 6.60. The lowest BCUT2D eigenvalue weighted by molar-refractivity contribution is -0.117. The van der Waals surface area contributed by atoms with E-state index in [1.54, 1.807) is 23.2 Å². The fourth-order valence-electron chi connectivity index (χ4n) is 3.15. The number of amides is 2. The van der Waals surface area contributed by atoms with Crippen molar-refractivity contribution in [1.82, 2.24) is 14.8 Å². The summed E-state index contributed by atoms with van der Waals surface area (Å²) >= 11 is 0. The number of aryl methyl sites for hydroxylation is 2. The van der Waals surface area contributed by atoms with Gasteiger partial charge < -0.3 is 10.2 Å². The maximum Gasteiger partial charge on any atom is 0.272 e. The zero-order valence-electron chi connectivity index (χ0n) is 15.2. The van der Waals surface area contributed by atoms with Crippen LogP contribution in [0.3, 0.4) is 0 Å². The van der Waals surface area contributed by atoms with Crippen molar-refractivity contribution < 1.29 is 9.59 Å². The molecular formula is C20H24N4O2. The molecule has 0 spiro atoms. The van der Waals surface area contributed by atoms with Gasteiger partial charge >= 0.3 is 0 Å². The number of aromatic nitrogens is 1. The molecule has 1 fully saturated rings. The van der Waals surface area contributed by atoms with Crippen molar-refractivity contribution in [2.75, 3.05) is 38.0 Å². The highest BCUT2D eigenvalue weighted by molar-refractivity contribution is 5.94. The lowest BCUT2D eigenvalue weighted by Gasteiger charge is -2.34. The van der Waals surface area contributed by atoms with Gasteiger partial charge in [0, 0.05) is 38.1 Å². The molecule has 26 heavy (non-hydrogen) atoms. The van der Waals surface area contributed by atoms with Crippen LogP contribution < -0.4 is 5.32 Å². The highest BCUT2D eigenvalue weighted by Crippen LogP contribution is 2.19. The summed E-state index contributed by atoms with van der Waals surface area (Å²) in [6.45, 7) is 6.88. The standard InChI is InChI=1S/C20H24N4O2/c1-15-6-5-7-16(2)19(15)22-18(25)14-23-10-12-24(13-11-23)20(26)17-8-3-4-9-21-17/h3-9H,10-14H2,1-2H3,(H,22,25). The van der Waals surface area contributed by atoms with Gasteiger partial charge in [-0.3, -0.25) is 19.5 Å². The predicted molar refractivity (Wildman–Crippen MR) is 101 cm³/mol. The van der Waals surface area contributed by atoms with Crippen LogP contribution >= 0.6 is 0 Å². The Morgan fingerprint density at radius 1 is 1.00 bits per heavy atom. The van der Waals surface area contributed by atoms with Crippen LogP contribution in [0.4, 0.5) is 5.69 Å². The number of benzene rings is 1. The quantitative estimate of drug-likeness (QED) is 0.915. The van der Waals surface area contributed by atoms with Gasteiger partial charge in [0.2, 0.25) is 5.91 Å². The number of pyridine rings is 1. The number of hydrogen-bond donors (Lipinski definition) is 1. The lowest BCUT2D eigenvalue weighted by Crippen LogP contribution is -2.50. The summed E-state index contributed by atoms with van der Waals surface area (Å²) in [5.41, 5.74) is 3.48. The minimum Gasteiger partial charge on any atom is -0.335 e. The first-order valence-corrected chi connectivity index (χ1v) is 8.83. The van der Waals surface area contributed by atoms with E-state index >= 15 is 0 Å². The summed E-state index contributed by atoms with van der Waals surface area (Å²) < 4.78 is 0. The van der Waals surface area contributed by atoms with E-state index in [4.69, 9.17) is 0 Å². The van der Waals surface area contributed by atoms with E-state index in [9.17, 15) is 9.59 Å². The summed E-state index contributed by atoms with van der Waals surface area (Å²) in [5, 5.41) is 3.01. The summed E-state index contributed by atoms with van der Waals surface area (Å²) in [6.07, 6.45) is 1.63. The zero-order valence-corrected chi connectivity index (χ0v) is 15.2. The Kier molecular flexibility index (Phi) is 5.63. The highest BCUT2D eigenvalue weighted by Gasteiger charge is 2.24. The summed E-state index contributed by atoms with van der Waals surface area (Å²) in [6, 6.07) is 11.3. The number of piperazine rings is 1. The normalized spacial score (nSPS) is 14.9. The third-order valence-electron chi connectivity index (χ3n) is 4.66. The molecule has 6 heteroatoms. The molecule has 3 rings (SSSR count). The van der Waals surface area contributed by atoms with Crippen molar-refractivity contribution in [3.05, 3.63) is 59.4 Å². The highest BCUT2D eigenvalue weighted by atomic mass is 16.2. The molecule has 1 aliphatic heterocycles. The van der Waals surface area contributed by atoms with Gasteiger partial charge in [0.15, 0.2) is 0 Å². The van der Waals surface area contributed by atoms with E-state index in [1.165, 1.54) is 0 Å².